The highest BCUT2D eigenvalue weighted by Crippen LogP contribution is 2.35. The molecule has 2 rings (SSSR count). The molecule has 1 atom stereocenters. The van der Waals surface area contributed by atoms with E-state index < -0.39 is 0 Å². The maximum absolute atomic E-state index is 4.06. The van der Waals surface area contributed by atoms with E-state index in [2.05, 4.69) is 48.4 Å². The zero-order valence-corrected chi connectivity index (χ0v) is 11.1. The second-order valence-corrected chi connectivity index (χ2v) is 5.36. The van der Waals surface area contributed by atoms with E-state index in [1.807, 2.05) is 12.4 Å². The molecule has 1 aromatic rings. The van der Waals surface area contributed by atoms with Gasteiger partial charge in [-0.05, 0) is 58.0 Å². The first-order chi connectivity index (χ1) is 8.14. The molecule has 1 aromatic heterocycles. The fourth-order valence-corrected chi connectivity index (χ4v) is 2.48. The number of pyridine rings is 1. The second kappa shape index (κ2) is 5.15. The van der Waals surface area contributed by atoms with Gasteiger partial charge in [0.1, 0.15) is 0 Å². The van der Waals surface area contributed by atoms with Crippen molar-refractivity contribution in [2.75, 3.05) is 20.6 Å². The van der Waals surface area contributed by atoms with Crippen LogP contribution in [0.4, 0.5) is 0 Å². The van der Waals surface area contributed by atoms with Gasteiger partial charge >= 0.3 is 0 Å². The van der Waals surface area contributed by atoms with Crippen LogP contribution in [0.2, 0.25) is 0 Å². The van der Waals surface area contributed by atoms with E-state index in [1.54, 1.807) is 0 Å². The van der Waals surface area contributed by atoms with Gasteiger partial charge < -0.3 is 10.2 Å². The lowest BCUT2D eigenvalue weighted by molar-refractivity contribution is 0.0576. The van der Waals surface area contributed by atoms with Crippen molar-refractivity contribution in [3.8, 4) is 0 Å². The van der Waals surface area contributed by atoms with Crippen LogP contribution in [-0.2, 0) is 0 Å². The van der Waals surface area contributed by atoms with Gasteiger partial charge in [0.2, 0.25) is 0 Å². The summed E-state index contributed by atoms with van der Waals surface area (Å²) in [5.74, 6) is 0. The van der Waals surface area contributed by atoms with Gasteiger partial charge in [-0.3, -0.25) is 4.98 Å². The standard InChI is InChI=1S/C14H23N3/c1-12(13-5-9-15-10-6-13)16-11-14(17(2)3)7-4-8-14/h5-6,9-10,12,16H,4,7-8,11H2,1-3H3. The molecule has 1 unspecified atom stereocenters. The second-order valence-electron chi connectivity index (χ2n) is 5.36. The molecule has 0 aromatic carbocycles. The SMILES string of the molecule is CC(NCC1(N(C)C)CCC1)c1ccncc1. The van der Waals surface area contributed by atoms with E-state index in [4.69, 9.17) is 0 Å². The van der Waals surface area contributed by atoms with Crippen LogP contribution >= 0.6 is 0 Å². The van der Waals surface area contributed by atoms with Crippen LogP contribution in [0.15, 0.2) is 24.5 Å². The van der Waals surface area contributed by atoms with Gasteiger partial charge in [-0.25, -0.2) is 0 Å². The first kappa shape index (κ1) is 12.5. The van der Waals surface area contributed by atoms with Crippen molar-refractivity contribution in [1.29, 1.82) is 0 Å². The van der Waals surface area contributed by atoms with E-state index in [0.29, 0.717) is 11.6 Å². The molecule has 3 nitrogen and oxygen atoms in total. The third-order valence-corrected chi connectivity index (χ3v) is 4.18. The Hall–Kier alpha value is -0.930. The van der Waals surface area contributed by atoms with E-state index in [9.17, 15) is 0 Å². The monoisotopic (exact) mass is 233 g/mol. The normalized spacial score (nSPS) is 20.0. The molecule has 1 heterocycles. The van der Waals surface area contributed by atoms with Crippen molar-refractivity contribution < 1.29 is 0 Å². The fraction of sp³-hybridized carbons (Fsp3) is 0.643. The molecule has 0 bridgehead atoms. The molecule has 1 N–H and O–H groups in total. The van der Waals surface area contributed by atoms with Gasteiger partial charge in [-0.15, -0.1) is 0 Å². The fourth-order valence-electron chi connectivity index (χ4n) is 2.48. The third kappa shape index (κ3) is 2.67. The number of hydrogen-bond acceptors (Lipinski definition) is 3. The Morgan fingerprint density at radius 3 is 2.47 bits per heavy atom. The molecule has 3 heteroatoms. The van der Waals surface area contributed by atoms with Crippen molar-refractivity contribution in [3.63, 3.8) is 0 Å². The van der Waals surface area contributed by atoms with E-state index in [0.717, 1.165) is 6.54 Å². The van der Waals surface area contributed by atoms with Crippen LogP contribution in [-0.4, -0.2) is 36.1 Å². The molecule has 0 aliphatic heterocycles. The molecule has 0 spiro atoms. The van der Waals surface area contributed by atoms with Crippen molar-refractivity contribution in [2.24, 2.45) is 0 Å². The summed E-state index contributed by atoms with van der Waals surface area (Å²) in [5, 5.41) is 3.65. The van der Waals surface area contributed by atoms with Gasteiger partial charge in [0.05, 0.1) is 0 Å². The number of aromatic nitrogens is 1. The molecule has 17 heavy (non-hydrogen) atoms. The Morgan fingerprint density at radius 1 is 1.35 bits per heavy atom. The van der Waals surface area contributed by atoms with Crippen LogP contribution in [0.25, 0.3) is 0 Å². The number of rotatable bonds is 5. The Balaban J connectivity index is 1.90. The third-order valence-electron chi connectivity index (χ3n) is 4.18. The molecule has 1 aliphatic carbocycles. The number of nitrogens with zero attached hydrogens (tertiary/aromatic N) is 2. The van der Waals surface area contributed by atoms with E-state index >= 15 is 0 Å². The average molecular weight is 233 g/mol. The van der Waals surface area contributed by atoms with Crippen molar-refractivity contribution in [2.45, 2.75) is 37.8 Å². The van der Waals surface area contributed by atoms with E-state index in [-0.39, 0.29) is 0 Å². The van der Waals surface area contributed by atoms with Gasteiger partial charge in [-0.2, -0.15) is 0 Å². The number of nitrogens with one attached hydrogen (secondary N) is 1. The van der Waals surface area contributed by atoms with Crippen molar-refractivity contribution in [3.05, 3.63) is 30.1 Å². The zero-order valence-electron chi connectivity index (χ0n) is 11.1. The lowest BCUT2D eigenvalue weighted by Crippen LogP contribution is -2.56. The van der Waals surface area contributed by atoms with Gasteiger partial charge in [-0.1, -0.05) is 0 Å². The maximum Gasteiger partial charge on any atom is 0.0328 e. The Morgan fingerprint density at radius 2 is 2.00 bits per heavy atom. The highest BCUT2D eigenvalue weighted by molar-refractivity contribution is 5.14. The molecular weight excluding hydrogens is 210 g/mol. The van der Waals surface area contributed by atoms with Crippen LogP contribution < -0.4 is 5.32 Å². The summed E-state index contributed by atoms with van der Waals surface area (Å²) in [7, 11) is 4.38. The van der Waals surface area contributed by atoms with Crippen LogP contribution in [0.3, 0.4) is 0 Å². The smallest absolute Gasteiger partial charge is 0.0328 e. The molecule has 94 valence electrons. The molecule has 1 fully saturated rings. The first-order valence-corrected chi connectivity index (χ1v) is 6.45. The van der Waals surface area contributed by atoms with Crippen LogP contribution in [0.5, 0.6) is 0 Å². The average Bonchev–Trinajstić information content (AvgIpc) is 2.28. The van der Waals surface area contributed by atoms with Crippen LogP contribution in [0, 0.1) is 0 Å². The van der Waals surface area contributed by atoms with Crippen molar-refractivity contribution >= 4 is 0 Å². The topological polar surface area (TPSA) is 28.2 Å². The Bertz CT molecular complexity index is 344. The largest absolute Gasteiger partial charge is 0.308 e. The Kier molecular flexibility index (Phi) is 3.79. The summed E-state index contributed by atoms with van der Waals surface area (Å²) < 4.78 is 0. The highest BCUT2D eigenvalue weighted by atomic mass is 15.2. The van der Waals surface area contributed by atoms with E-state index in [1.165, 1.54) is 24.8 Å². The predicted molar refractivity (Wildman–Crippen MR) is 70.9 cm³/mol. The number of hydrogen-bond donors (Lipinski definition) is 1. The molecule has 0 saturated heterocycles. The summed E-state index contributed by atoms with van der Waals surface area (Å²) in [6.07, 6.45) is 7.72. The lowest BCUT2D eigenvalue weighted by atomic mass is 9.75. The molecule has 1 aliphatic rings. The summed E-state index contributed by atoms with van der Waals surface area (Å²) in [6.45, 7) is 3.29. The maximum atomic E-state index is 4.06. The van der Waals surface area contributed by atoms with Crippen LogP contribution in [0.1, 0.15) is 37.8 Å². The quantitative estimate of drug-likeness (QED) is 0.845. The number of likely N-dealkylation sites (N-methyl/N-ethyl adjacent to an activating group) is 1. The lowest BCUT2D eigenvalue weighted by Gasteiger charge is -2.48. The molecule has 0 amide bonds. The molecular formula is C14H23N3. The van der Waals surface area contributed by atoms with Crippen molar-refractivity contribution in [1.82, 2.24) is 15.2 Å². The predicted octanol–water partition coefficient (Wildman–Crippen LogP) is 2.22. The summed E-state index contributed by atoms with van der Waals surface area (Å²) in [4.78, 5) is 6.43. The van der Waals surface area contributed by atoms with Gasteiger partial charge in [0.15, 0.2) is 0 Å². The molecule has 1 saturated carbocycles. The molecule has 0 radical (unpaired) electrons. The first-order valence-electron chi connectivity index (χ1n) is 6.45. The van der Waals surface area contributed by atoms with Gasteiger partial charge in [0, 0.05) is 30.5 Å². The minimum atomic E-state index is 0.390. The summed E-state index contributed by atoms with van der Waals surface area (Å²) in [5.41, 5.74) is 1.70. The summed E-state index contributed by atoms with van der Waals surface area (Å²) >= 11 is 0. The minimum absolute atomic E-state index is 0.390. The summed E-state index contributed by atoms with van der Waals surface area (Å²) in [6, 6.07) is 4.57. The van der Waals surface area contributed by atoms with Gasteiger partial charge in [0.25, 0.3) is 0 Å². The zero-order chi connectivity index (χ0) is 12.3. The Labute approximate surface area is 104 Å². The highest BCUT2D eigenvalue weighted by Gasteiger charge is 2.38. The minimum Gasteiger partial charge on any atom is -0.308 e.